The predicted molar refractivity (Wildman–Crippen MR) is 85.4 cm³/mol. The number of halogens is 1. The molecule has 21 heavy (non-hydrogen) atoms. The maximum Gasteiger partial charge on any atom is 0.128 e. The maximum absolute atomic E-state index is 14.1. The third-order valence-corrected chi connectivity index (χ3v) is 3.82. The molecule has 0 fully saturated rings. The van der Waals surface area contributed by atoms with Gasteiger partial charge in [0.15, 0.2) is 0 Å². The van der Waals surface area contributed by atoms with Crippen molar-refractivity contribution in [3.05, 3.63) is 70.5 Å². The van der Waals surface area contributed by atoms with Crippen molar-refractivity contribution >= 4 is 0 Å². The summed E-state index contributed by atoms with van der Waals surface area (Å²) in [7, 11) is 0. The quantitative estimate of drug-likeness (QED) is 0.644. The molecular formula is C18H23FN2. The van der Waals surface area contributed by atoms with E-state index in [2.05, 4.69) is 43.5 Å². The van der Waals surface area contributed by atoms with Gasteiger partial charge in [0.25, 0.3) is 0 Å². The number of aryl methyl sites for hydroxylation is 1. The minimum absolute atomic E-state index is 0.211. The summed E-state index contributed by atoms with van der Waals surface area (Å²) < 4.78 is 14.1. The van der Waals surface area contributed by atoms with Gasteiger partial charge < -0.3 is 0 Å². The van der Waals surface area contributed by atoms with Crippen LogP contribution in [0.2, 0.25) is 0 Å². The molecule has 112 valence electrons. The van der Waals surface area contributed by atoms with E-state index in [1.807, 2.05) is 13.0 Å². The van der Waals surface area contributed by atoms with Crippen LogP contribution in [0.5, 0.6) is 0 Å². The van der Waals surface area contributed by atoms with Crippen LogP contribution in [0.3, 0.4) is 0 Å². The van der Waals surface area contributed by atoms with Gasteiger partial charge in [-0.2, -0.15) is 0 Å². The van der Waals surface area contributed by atoms with Gasteiger partial charge in [0.2, 0.25) is 0 Å². The smallest absolute Gasteiger partial charge is 0.128 e. The average Bonchev–Trinajstić information content (AvgIpc) is 2.46. The lowest BCUT2D eigenvalue weighted by Crippen LogP contribution is -2.30. The predicted octanol–water partition coefficient (Wildman–Crippen LogP) is 4.00. The molecule has 0 radical (unpaired) electrons. The molecule has 1 atom stereocenters. The van der Waals surface area contributed by atoms with Gasteiger partial charge in [0.1, 0.15) is 5.82 Å². The number of benzene rings is 2. The van der Waals surface area contributed by atoms with Crippen molar-refractivity contribution < 1.29 is 4.39 Å². The molecule has 0 heterocycles. The van der Waals surface area contributed by atoms with Gasteiger partial charge >= 0.3 is 0 Å². The Morgan fingerprint density at radius 1 is 1.10 bits per heavy atom. The molecule has 1 unspecified atom stereocenters. The minimum atomic E-state index is -0.226. The summed E-state index contributed by atoms with van der Waals surface area (Å²) in [5.74, 6) is 5.92. The van der Waals surface area contributed by atoms with Crippen LogP contribution in [0, 0.1) is 12.7 Å². The van der Waals surface area contributed by atoms with Crippen molar-refractivity contribution in [3.8, 4) is 0 Å². The Hall–Kier alpha value is -1.71. The summed E-state index contributed by atoms with van der Waals surface area (Å²) in [6, 6.07) is 13.5. The lowest BCUT2D eigenvalue weighted by molar-refractivity contribution is 0.510. The van der Waals surface area contributed by atoms with E-state index in [9.17, 15) is 4.39 Å². The van der Waals surface area contributed by atoms with Gasteiger partial charge in [0.05, 0.1) is 6.04 Å². The van der Waals surface area contributed by atoms with Crippen LogP contribution in [-0.4, -0.2) is 0 Å². The summed E-state index contributed by atoms with van der Waals surface area (Å²) in [6.07, 6.45) is 0.662. The number of hydrazine groups is 1. The molecule has 0 aliphatic rings. The second-order valence-corrected chi connectivity index (χ2v) is 5.84. The molecule has 0 spiro atoms. The molecule has 0 amide bonds. The van der Waals surface area contributed by atoms with Crippen molar-refractivity contribution in [2.24, 2.45) is 5.84 Å². The zero-order valence-electron chi connectivity index (χ0n) is 12.9. The van der Waals surface area contributed by atoms with Crippen molar-refractivity contribution in [2.45, 2.75) is 39.2 Å². The maximum atomic E-state index is 14.1. The van der Waals surface area contributed by atoms with Crippen LogP contribution in [0.4, 0.5) is 4.39 Å². The summed E-state index contributed by atoms with van der Waals surface area (Å²) in [6.45, 7) is 6.21. The Morgan fingerprint density at radius 2 is 1.76 bits per heavy atom. The molecule has 2 aromatic carbocycles. The largest absolute Gasteiger partial charge is 0.271 e. The first-order chi connectivity index (χ1) is 10.0. The SMILES string of the molecule is Cc1ccc(C(Cc2ccc(C(C)C)cc2)NN)c(F)c1. The number of nitrogens with one attached hydrogen (secondary N) is 1. The summed E-state index contributed by atoms with van der Waals surface area (Å²) in [5, 5.41) is 0. The monoisotopic (exact) mass is 286 g/mol. The molecule has 0 saturated heterocycles. The second-order valence-electron chi connectivity index (χ2n) is 5.84. The first-order valence-electron chi connectivity index (χ1n) is 7.32. The molecule has 3 N–H and O–H groups in total. The highest BCUT2D eigenvalue weighted by Crippen LogP contribution is 2.23. The van der Waals surface area contributed by atoms with E-state index in [-0.39, 0.29) is 11.9 Å². The van der Waals surface area contributed by atoms with Gasteiger partial charge in [-0.3, -0.25) is 11.3 Å². The van der Waals surface area contributed by atoms with E-state index in [0.717, 1.165) is 11.1 Å². The van der Waals surface area contributed by atoms with Crippen molar-refractivity contribution in [3.63, 3.8) is 0 Å². The van der Waals surface area contributed by atoms with Crippen molar-refractivity contribution in [2.75, 3.05) is 0 Å². The number of hydrogen-bond acceptors (Lipinski definition) is 2. The Labute approximate surface area is 126 Å². The van der Waals surface area contributed by atoms with Gasteiger partial charge in [-0.05, 0) is 42.0 Å². The lowest BCUT2D eigenvalue weighted by Gasteiger charge is -2.18. The first-order valence-corrected chi connectivity index (χ1v) is 7.32. The molecule has 0 aliphatic carbocycles. The molecule has 3 heteroatoms. The molecule has 0 bridgehead atoms. The highest BCUT2D eigenvalue weighted by molar-refractivity contribution is 5.30. The minimum Gasteiger partial charge on any atom is -0.271 e. The Bertz CT molecular complexity index is 591. The standard InChI is InChI=1S/C18H23FN2/c1-12(2)15-7-5-14(6-8-15)11-18(21-20)16-9-4-13(3)10-17(16)19/h4-10,12,18,21H,11,20H2,1-3H3. The molecule has 0 saturated carbocycles. The molecular weight excluding hydrogens is 263 g/mol. The van der Waals surface area contributed by atoms with Crippen LogP contribution in [0.1, 0.15) is 48.1 Å². The van der Waals surface area contributed by atoms with E-state index < -0.39 is 0 Å². The van der Waals surface area contributed by atoms with Crippen LogP contribution in [-0.2, 0) is 6.42 Å². The second kappa shape index (κ2) is 6.83. The fourth-order valence-electron chi connectivity index (χ4n) is 2.45. The molecule has 2 rings (SSSR count). The molecule has 2 aromatic rings. The Balaban J connectivity index is 2.18. The number of nitrogens with two attached hydrogens (primary N) is 1. The topological polar surface area (TPSA) is 38.0 Å². The van der Waals surface area contributed by atoms with E-state index >= 15 is 0 Å². The van der Waals surface area contributed by atoms with E-state index in [1.165, 1.54) is 5.56 Å². The van der Waals surface area contributed by atoms with Crippen molar-refractivity contribution in [1.82, 2.24) is 5.43 Å². The zero-order chi connectivity index (χ0) is 15.4. The Kier molecular flexibility index (Phi) is 5.10. The molecule has 0 aliphatic heterocycles. The van der Waals surface area contributed by atoms with E-state index in [0.29, 0.717) is 17.9 Å². The van der Waals surface area contributed by atoms with Crippen LogP contribution in [0.15, 0.2) is 42.5 Å². The first kappa shape index (κ1) is 15.7. The summed E-state index contributed by atoms with van der Waals surface area (Å²) in [4.78, 5) is 0. The number of hydrogen-bond donors (Lipinski definition) is 2. The van der Waals surface area contributed by atoms with Gasteiger partial charge in [-0.25, -0.2) is 4.39 Å². The fraction of sp³-hybridized carbons (Fsp3) is 0.333. The van der Waals surface area contributed by atoms with Crippen LogP contribution in [0.25, 0.3) is 0 Å². The van der Waals surface area contributed by atoms with Gasteiger partial charge in [0, 0.05) is 5.56 Å². The van der Waals surface area contributed by atoms with Gasteiger partial charge in [-0.1, -0.05) is 50.2 Å². The average molecular weight is 286 g/mol. The van der Waals surface area contributed by atoms with E-state index in [1.54, 1.807) is 12.1 Å². The van der Waals surface area contributed by atoms with Crippen LogP contribution < -0.4 is 11.3 Å². The van der Waals surface area contributed by atoms with E-state index in [4.69, 9.17) is 5.84 Å². The molecule has 0 aromatic heterocycles. The summed E-state index contributed by atoms with van der Waals surface area (Å²) >= 11 is 0. The highest BCUT2D eigenvalue weighted by Gasteiger charge is 2.15. The fourth-order valence-corrected chi connectivity index (χ4v) is 2.45. The lowest BCUT2D eigenvalue weighted by atomic mass is 9.95. The van der Waals surface area contributed by atoms with Gasteiger partial charge in [-0.15, -0.1) is 0 Å². The summed E-state index contributed by atoms with van der Waals surface area (Å²) in [5.41, 5.74) is 6.69. The van der Waals surface area contributed by atoms with Crippen LogP contribution >= 0.6 is 0 Å². The van der Waals surface area contributed by atoms with Crippen molar-refractivity contribution in [1.29, 1.82) is 0 Å². The zero-order valence-corrected chi connectivity index (χ0v) is 12.9. The third-order valence-electron chi connectivity index (χ3n) is 3.82. The highest BCUT2D eigenvalue weighted by atomic mass is 19.1. The molecule has 2 nitrogen and oxygen atoms in total. The number of rotatable bonds is 5. The third kappa shape index (κ3) is 3.90. The normalized spacial score (nSPS) is 12.7. The Morgan fingerprint density at radius 3 is 2.29 bits per heavy atom.